The Kier molecular flexibility index (Phi) is 7.63. The SMILES string of the molecule is COc1cc(/C=N\NC(=O)Cc2ccccc2)cc(I)c1OCc1ccccc1. The van der Waals surface area contributed by atoms with Gasteiger partial charge < -0.3 is 9.47 Å². The van der Waals surface area contributed by atoms with E-state index in [0.717, 1.165) is 20.3 Å². The highest BCUT2D eigenvalue weighted by atomic mass is 127. The molecule has 0 fully saturated rings. The van der Waals surface area contributed by atoms with E-state index in [2.05, 4.69) is 33.1 Å². The number of nitrogens with zero attached hydrogens (tertiary/aromatic N) is 1. The topological polar surface area (TPSA) is 59.9 Å². The summed E-state index contributed by atoms with van der Waals surface area (Å²) in [5.41, 5.74) is 5.38. The number of benzene rings is 3. The molecule has 0 unspecified atom stereocenters. The third-order valence-electron chi connectivity index (χ3n) is 4.09. The standard InChI is InChI=1S/C23H21IN2O3/c1-28-21-13-19(15-25-26-22(27)14-17-8-4-2-5-9-17)12-20(24)23(21)29-16-18-10-6-3-7-11-18/h2-13,15H,14,16H2,1H3,(H,26,27)/b25-15-. The fourth-order valence-corrected chi connectivity index (χ4v) is 3.46. The zero-order chi connectivity index (χ0) is 20.5. The molecule has 1 N–H and O–H groups in total. The Morgan fingerprint density at radius 3 is 2.34 bits per heavy atom. The third-order valence-corrected chi connectivity index (χ3v) is 4.89. The quantitative estimate of drug-likeness (QED) is 0.280. The molecule has 0 aromatic heterocycles. The van der Waals surface area contributed by atoms with Crippen molar-refractivity contribution in [1.82, 2.24) is 5.43 Å². The van der Waals surface area contributed by atoms with E-state index >= 15 is 0 Å². The van der Waals surface area contributed by atoms with E-state index < -0.39 is 0 Å². The Labute approximate surface area is 183 Å². The van der Waals surface area contributed by atoms with Crippen LogP contribution in [0.1, 0.15) is 16.7 Å². The average Bonchev–Trinajstić information content (AvgIpc) is 2.74. The van der Waals surface area contributed by atoms with Crippen molar-refractivity contribution in [3.8, 4) is 11.5 Å². The number of halogens is 1. The number of hydrazone groups is 1. The molecule has 0 heterocycles. The van der Waals surface area contributed by atoms with Crippen LogP contribution < -0.4 is 14.9 Å². The molecule has 148 valence electrons. The van der Waals surface area contributed by atoms with Gasteiger partial charge in [-0.25, -0.2) is 5.43 Å². The maximum absolute atomic E-state index is 12.0. The number of carbonyl (C=O) groups excluding carboxylic acids is 1. The average molecular weight is 500 g/mol. The molecule has 0 radical (unpaired) electrons. The second-order valence-electron chi connectivity index (χ2n) is 6.26. The molecule has 0 aliphatic carbocycles. The van der Waals surface area contributed by atoms with Crippen molar-refractivity contribution in [3.05, 3.63) is 93.1 Å². The maximum atomic E-state index is 12.0. The lowest BCUT2D eigenvalue weighted by Gasteiger charge is -2.13. The van der Waals surface area contributed by atoms with Crippen molar-refractivity contribution in [2.24, 2.45) is 5.10 Å². The monoisotopic (exact) mass is 500 g/mol. The predicted octanol–water partition coefficient (Wildman–Crippen LogP) is 4.57. The van der Waals surface area contributed by atoms with Crippen LogP contribution in [-0.4, -0.2) is 19.2 Å². The molecular formula is C23H21IN2O3. The van der Waals surface area contributed by atoms with Crippen LogP contribution in [0.4, 0.5) is 0 Å². The van der Waals surface area contributed by atoms with E-state index in [0.29, 0.717) is 18.1 Å². The molecule has 3 aromatic rings. The molecule has 0 aliphatic heterocycles. The Bertz CT molecular complexity index is 976. The van der Waals surface area contributed by atoms with E-state index in [1.54, 1.807) is 13.3 Å². The van der Waals surface area contributed by atoms with Crippen molar-refractivity contribution < 1.29 is 14.3 Å². The Hall–Kier alpha value is -2.87. The molecule has 29 heavy (non-hydrogen) atoms. The van der Waals surface area contributed by atoms with E-state index in [1.165, 1.54) is 0 Å². The van der Waals surface area contributed by atoms with Crippen molar-refractivity contribution in [1.29, 1.82) is 0 Å². The number of ether oxygens (including phenoxy) is 2. The van der Waals surface area contributed by atoms with Crippen LogP contribution in [0.25, 0.3) is 0 Å². The molecule has 0 saturated heterocycles. The summed E-state index contributed by atoms with van der Waals surface area (Å²) < 4.78 is 12.3. The predicted molar refractivity (Wildman–Crippen MR) is 122 cm³/mol. The highest BCUT2D eigenvalue weighted by Crippen LogP contribution is 2.34. The van der Waals surface area contributed by atoms with E-state index in [-0.39, 0.29) is 12.3 Å². The normalized spacial score (nSPS) is 10.7. The minimum absolute atomic E-state index is 0.170. The molecule has 0 bridgehead atoms. The number of hydrogen-bond acceptors (Lipinski definition) is 4. The Balaban J connectivity index is 1.63. The second-order valence-corrected chi connectivity index (χ2v) is 7.43. The fourth-order valence-electron chi connectivity index (χ4n) is 2.68. The minimum atomic E-state index is -0.170. The maximum Gasteiger partial charge on any atom is 0.244 e. The van der Waals surface area contributed by atoms with E-state index in [9.17, 15) is 4.79 Å². The zero-order valence-electron chi connectivity index (χ0n) is 16.0. The molecule has 0 aliphatic rings. The molecule has 3 rings (SSSR count). The second kappa shape index (κ2) is 10.6. The highest BCUT2D eigenvalue weighted by molar-refractivity contribution is 14.1. The summed E-state index contributed by atoms with van der Waals surface area (Å²) in [5.74, 6) is 1.13. The van der Waals surface area contributed by atoms with Crippen LogP contribution in [0.5, 0.6) is 11.5 Å². The first-order valence-corrected chi connectivity index (χ1v) is 10.1. The Morgan fingerprint density at radius 2 is 1.69 bits per heavy atom. The minimum Gasteiger partial charge on any atom is -0.493 e. The first-order valence-electron chi connectivity index (χ1n) is 9.06. The van der Waals surface area contributed by atoms with Crippen LogP contribution in [0, 0.1) is 3.57 Å². The van der Waals surface area contributed by atoms with E-state index in [1.807, 2.05) is 72.8 Å². The lowest BCUT2D eigenvalue weighted by molar-refractivity contribution is -0.120. The van der Waals surface area contributed by atoms with Crippen LogP contribution >= 0.6 is 22.6 Å². The summed E-state index contributed by atoms with van der Waals surface area (Å²) >= 11 is 2.20. The number of amides is 1. The number of nitrogens with one attached hydrogen (secondary N) is 1. The van der Waals surface area contributed by atoms with Crippen molar-refractivity contribution in [2.45, 2.75) is 13.0 Å². The molecule has 0 spiro atoms. The van der Waals surface area contributed by atoms with Gasteiger partial charge in [-0.1, -0.05) is 60.7 Å². The summed E-state index contributed by atoms with van der Waals surface area (Å²) in [6.07, 6.45) is 1.87. The lowest BCUT2D eigenvalue weighted by Crippen LogP contribution is -2.19. The van der Waals surface area contributed by atoms with Gasteiger partial charge in [-0.2, -0.15) is 5.10 Å². The fraction of sp³-hybridized carbons (Fsp3) is 0.130. The van der Waals surface area contributed by atoms with Crippen molar-refractivity contribution >= 4 is 34.7 Å². The van der Waals surface area contributed by atoms with Gasteiger partial charge in [0.25, 0.3) is 0 Å². The molecule has 1 amide bonds. The van der Waals surface area contributed by atoms with Gasteiger partial charge in [-0.05, 0) is 51.4 Å². The number of hydrogen-bond donors (Lipinski definition) is 1. The van der Waals surface area contributed by atoms with Crippen molar-refractivity contribution in [3.63, 3.8) is 0 Å². The van der Waals surface area contributed by atoms with Crippen LogP contribution in [0.3, 0.4) is 0 Å². The van der Waals surface area contributed by atoms with Crippen molar-refractivity contribution in [2.75, 3.05) is 7.11 Å². The molecular weight excluding hydrogens is 479 g/mol. The van der Waals surface area contributed by atoms with Gasteiger partial charge >= 0.3 is 0 Å². The molecule has 6 heteroatoms. The summed E-state index contributed by atoms with van der Waals surface area (Å²) in [4.78, 5) is 12.0. The van der Waals surface area contributed by atoms with Gasteiger partial charge in [-0.15, -0.1) is 0 Å². The summed E-state index contributed by atoms with van der Waals surface area (Å²) in [6, 6.07) is 23.3. The number of methoxy groups -OCH3 is 1. The number of rotatable bonds is 8. The third kappa shape index (κ3) is 6.32. The largest absolute Gasteiger partial charge is 0.493 e. The van der Waals surface area contributed by atoms with Crippen LogP contribution in [0.15, 0.2) is 77.9 Å². The van der Waals surface area contributed by atoms with Gasteiger partial charge in [0.1, 0.15) is 6.61 Å². The summed E-state index contributed by atoms with van der Waals surface area (Å²) in [5, 5.41) is 4.05. The van der Waals surface area contributed by atoms with Crippen LogP contribution in [0.2, 0.25) is 0 Å². The number of carbonyl (C=O) groups is 1. The smallest absolute Gasteiger partial charge is 0.244 e. The molecule has 0 saturated carbocycles. The molecule has 0 atom stereocenters. The summed E-state index contributed by atoms with van der Waals surface area (Å²) in [6.45, 7) is 0.455. The highest BCUT2D eigenvalue weighted by Gasteiger charge is 2.11. The first-order chi connectivity index (χ1) is 14.2. The zero-order valence-corrected chi connectivity index (χ0v) is 18.1. The first kappa shape index (κ1) is 20.9. The van der Waals surface area contributed by atoms with Crippen LogP contribution in [-0.2, 0) is 17.8 Å². The lowest BCUT2D eigenvalue weighted by atomic mass is 10.1. The van der Waals surface area contributed by atoms with Gasteiger partial charge in [0.2, 0.25) is 5.91 Å². The van der Waals surface area contributed by atoms with Gasteiger partial charge in [0.05, 0.1) is 23.3 Å². The summed E-state index contributed by atoms with van der Waals surface area (Å²) in [7, 11) is 1.60. The van der Waals surface area contributed by atoms with Gasteiger partial charge in [-0.3, -0.25) is 4.79 Å². The van der Waals surface area contributed by atoms with Gasteiger partial charge in [0.15, 0.2) is 11.5 Å². The Morgan fingerprint density at radius 1 is 1.03 bits per heavy atom. The molecule has 5 nitrogen and oxygen atoms in total. The molecule has 3 aromatic carbocycles. The van der Waals surface area contributed by atoms with Gasteiger partial charge in [0, 0.05) is 0 Å². The van der Waals surface area contributed by atoms with E-state index in [4.69, 9.17) is 9.47 Å².